The number of fused-ring (bicyclic) bond motifs is 24. The molecule has 22 rings (SSSR count). The lowest BCUT2D eigenvalue weighted by Crippen LogP contribution is -2.14. The van der Waals surface area contributed by atoms with Crippen LogP contribution in [0.1, 0.15) is 5.56 Å². The first-order valence-corrected chi connectivity index (χ1v) is 35.4. The van der Waals surface area contributed by atoms with Crippen molar-refractivity contribution in [3.05, 3.63) is 320 Å². The molecule has 8 heteroatoms. The lowest BCUT2D eigenvalue weighted by molar-refractivity contribution is 1.04. The van der Waals surface area contributed by atoms with Crippen LogP contribution >= 0.6 is 22.7 Å². The van der Waals surface area contributed by atoms with E-state index in [1.807, 2.05) is 0 Å². The minimum atomic E-state index is 0.389. The predicted molar refractivity (Wildman–Crippen MR) is 424 cm³/mol. The van der Waals surface area contributed by atoms with Gasteiger partial charge in [0, 0.05) is 74.0 Å². The van der Waals surface area contributed by atoms with Crippen LogP contribution in [0.5, 0.6) is 0 Å². The van der Waals surface area contributed by atoms with Gasteiger partial charge in [0.2, 0.25) is 5.69 Å². The summed E-state index contributed by atoms with van der Waals surface area (Å²) in [5.74, 6) is 0. The zero-order valence-electron chi connectivity index (χ0n) is 53.4. The van der Waals surface area contributed by atoms with Crippen molar-refractivity contribution in [1.29, 1.82) is 5.26 Å². The van der Waals surface area contributed by atoms with Gasteiger partial charge in [-0.2, -0.15) is 5.26 Å². The van der Waals surface area contributed by atoms with Gasteiger partial charge in [0.15, 0.2) is 0 Å². The average Bonchev–Trinajstić information content (AvgIpc) is 1.48. The molecule has 0 aliphatic rings. The van der Waals surface area contributed by atoms with Gasteiger partial charge in [-0.1, -0.05) is 255 Å². The van der Waals surface area contributed by atoms with Crippen molar-refractivity contribution in [3.8, 4) is 51.1 Å². The van der Waals surface area contributed by atoms with E-state index in [-0.39, 0.29) is 0 Å². The molecule has 0 aliphatic heterocycles. The highest BCUT2D eigenvalue weighted by molar-refractivity contribution is 7.27. The van der Waals surface area contributed by atoms with Gasteiger partial charge >= 0.3 is 0 Å². The number of para-hydroxylation sites is 4. The summed E-state index contributed by atoms with van der Waals surface area (Å²) in [4.78, 5) is 5.19. The van der Waals surface area contributed by atoms with E-state index in [0.717, 1.165) is 151 Å². The molecule has 0 atom stereocenters. The Labute approximate surface area is 579 Å². The lowest BCUT2D eigenvalue weighted by Gasteiger charge is -2.27. The normalized spacial score (nSPS) is 12.2. The molecule has 6 aromatic heterocycles. The Balaban J connectivity index is 1.02. The molecule has 0 saturated carbocycles. The topological polar surface area (TPSA) is 47.9 Å². The lowest BCUT2D eigenvalue weighted by atomic mass is 9.93. The van der Waals surface area contributed by atoms with Crippen molar-refractivity contribution in [2.45, 2.75) is 0 Å². The molecular formula is C92H50N6S2. The summed E-state index contributed by atoms with van der Waals surface area (Å²) in [5, 5.41) is 33.5. The van der Waals surface area contributed by atoms with E-state index in [2.05, 4.69) is 328 Å². The van der Waals surface area contributed by atoms with Crippen molar-refractivity contribution in [2.24, 2.45) is 0 Å². The molecular weight excluding hydrogens is 1250 g/mol. The van der Waals surface area contributed by atoms with Crippen LogP contribution < -0.4 is 0 Å². The van der Waals surface area contributed by atoms with Gasteiger partial charge in [0.1, 0.15) is 11.6 Å². The number of hydrogen-bond acceptors (Lipinski definition) is 3. The van der Waals surface area contributed by atoms with Crippen LogP contribution in [0.25, 0.3) is 210 Å². The molecule has 16 aromatic carbocycles. The van der Waals surface area contributed by atoms with Gasteiger partial charge in [-0.05, 0) is 103 Å². The molecule has 0 fully saturated rings. The summed E-state index contributed by atoms with van der Waals surface area (Å²) in [6.45, 7) is 10.6. The molecule has 0 N–H and O–H groups in total. The molecule has 0 aliphatic carbocycles. The van der Waals surface area contributed by atoms with E-state index >= 15 is 0 Å². The van der Waals surface area contributed by atoms with Crippen LogP contribution in [0.15, 0.2) is 303 Å². The molecule has 6 heterocycles. The van der Waals surface area contributed by atoms with E-state index in [9.17, 15) is 11.8 Å². The highest BCUT2D eigenvalue weighted by Gasteiger charge is 2.36. The van der Waals surface area contributed by atoms with Crippen molar-refractivity contribution < 1.29 is 0 Å². The number of nitrogens with zero attached hydrogens (tertiary/aromatic N) is 6. The van der Waals surface area contributed by atoms with Crippen molar-refractivity contribution in [3.63, 3.8) is 0 Å². The SMILES string of the molecule is [C-]#[N+]c1c(-n2c3ccccc3c3ccccc32)c(-n2c3cc(-c4cccc5ccc6ccccc6c45)ccc3c3ccc4c5ccccc5sc4c32)c(C#N)c(-n2c3ccccc3c3ccccc32)c1-n1c2cc(-c3cccc4ccccc34)ccc2c2ccc3c4ccccc4sc3c21. The summed E-state index contributed by atoms with van der Waals surface area (Å²) >= 11 is 3.57. The number of rotatable bonds is 6. The van der Waals surface area contributed by atoms with Crippen LogP contribution in [0, 0.1) is 17.9 Å². The molecule has 100 heavy (non-hydrogen) atoms. The summed E-state index contributed by atoms with van der Waals surface area (Å²) in [6, 6.07) is 113. The minimum Gasteiger partial charge on any atom is -0.317 e. The van der Waals surface area contributed by atoms with E-state index in [1.165, 1.54) is 30.9 Å². The van der Waals surface area contributed by atoms with Gasteiger partial charge in [0.05, 0.1) is 82.9 Å². The second-order valence-corrected chi connectivity index (χ2v) is 28.4. The second kappa shape index (κ2) is 20.7. The number of benzene rings is 16. The number of aromatic nitrogens is 4. The third-order valence-electron chi connectivity index (χ3n) is 21.4. The van der Waals surface area contributed by atoms with Gasteiger partial charge in [0.25, 0.3) is 0 Å². The zero-order valence-corrected chi connectivity index (χ0v) is 55.0. The summed E-state index contributed by atoms with van der Waals surface area (Å²) < 4.78 is 14.0. The summed E-state index contributed by atoms with van der Waals surface area (Å²) in [7, 11) is 0. The monoisotopic (exact) mass is 1300 g/mol. The van der Waals surface area contributed by atoms with E-state index < -0.39 is 0 Å². The third-order valence-corrected chi connectivity index (χ3v) is 23.8. The first kappa shape index (κ1) is 55.1. The maximum absolute atomic E-state index is 13.6. The maximum atomic E-state index is 13.6. The standard InChI is InChI=1S/C92H50N6S2/c1-94-84-89(96-77-36-14-8-28-64(77)65-29-9-15-37-78(65)96)86(97-79-51-57(61-33-19-23-55-41-40-54-21-3-5-25-60(54)83(55)61)43-45-66(79)70-46-48-72-68-30-10-16-38-81(68)99-91(72)87(70)97)74(52-93)85(95-75-34-12-6-26-62(75)63-27-7-13-35-76(63)95)90(84)98-80-50-56(59-32-18-22-53-20-2-4-24-58(53)59)42-44-67(80)71-47-49-73-69-31-11-17-39-82(69)100-92(73)88(71)98/h2-51H. The Morgan fingerprint density at radius 1 is 0.290 bits per heavy atom. The maximum Gasteiger partial charge on any atom is 0.238 e. The third kappa shape index (κ3) is 7.42. The van der Waals surface area contributed by atoms with Gasteiger partial charge < -0.3 is 18.3 Å². The summed E-state index contributed by atoms with van der Waals surface area (Å²) in [5.41, 5.74) is 14.9. The molecule has 0 radical (unpaired) electrons. The predicted octanol–water partition coefficient (Wildman–Crippen LogP) is 26.0. The fourth-order valence-corrected chi connectivity index (χ4v) is 19.7. The smallest absolute Gasteiger partial charge is 0.238 e. The molecule has 0 bridgehead atoms. The van der Waals surface area contributed by atoms with E-state index in [0.29, 0.717) is 34.0 Å². The first-order chi connectivity index (χ1) is 49.6. The molecule has 0 unspecified atom stereocenters. The molecule has 0 spiro atoms. The Hall–Kier alpha value is -13.1. The van der Waals surface area contributed by atoms with E-state index in [4.69, 9.17) is 4.85 Å². The first-order valence-electron chi connectivity index (χ1n) is 33.7. The molecule has 0 amide bonds. The minimum absolute atomic E-state index is 0.389. The molecule has 6 nitrogen and oxygen atoms in total. The Bertz CT molecular complexity index is 7400. The highest BCUT2D eigenvalue weighted by Crippen LogP contribution is 2.55. The van der Waals surface area contributed by atoms with Gasteiger partial charge in [-0.25, -0.2) is 4.85 Å². The van der Waals surface area contributed by atoms with Crippen LogP contribution in [-0.4, -0.2) is 18.3 Å². The zero-order chi connectivity index (χ0) is 65.6. The largest absolute Gasteiger partial charge is 0.317 e. The van der Waals surface area contributed by atoms with E-state index in [1.54, 1.807) is 22.7 Å². The number of nitriles is 1. The van der Waals surface area contributed by atoms with Crippen LogP contribution in [0.4, 0.5) is 5.69 Å². The molecule has 460 valence electrons. The second-order valence-electron chi connectivity index (χ2n) is 26.3. The van der Waals surface area contributed by atoms with Crippen LogP contribution in [0.3, 0.4) is 0 Å². The fraction of sp³-hybridized carbons (Fsp3) is 0. The van der Waals surface area contributed by atoms with Crippen molar-refractivity contribution in [1.82, 2.24) is 18.3 Å². The van der Waals surface area contributed by atoms with Crippen molar-refractivity contribution >= 4 is 188 Å². The highest BCUT2D eigenvalue weighted by atomic mass is 32.1. The average molecular weight is 1300 g/mol. The molecule has 0 saturated heterocycles. The Morgan fingerprint density at radius 2 is 0.660 bits per heavy atom. The number of hydrogen-bond donors (Lipinski definition) is 0. The molecule has 22 aromatic rings. The van der Waals surface area contributed by atoms with Crippen LogP contribution in [0.2, 0.25) is 0 Å². The van der Waals surface area contributed by atoms with Crippen LogP contribution in [-0.2, 0) is 0 Å². The Kier molecular flexibility index (Phi) is 11.4. The van der Waals surface area contributed by atoms with Gasteiger partial charge in [-0.15, -0.1) is 22.7 Å². The van der Waals surface area contributed by atoms with Gasteiger partial charge in [-0.3, -0.25) is 0 Å². The quantitative estimate of drug-likeness (QED) is 0.121. The summed E-state index contributed by atoms with van der Waals surface area (Å²) in [6.07, 6.45) is 0. The fourth-order valence-electron chi connectivity index (χ4n) is 17.2. The number of thiophene rings is 2. The Morgan fingerprint density at radius 3 is 1.20 bits per heavy atom. The van der Waals surface area contributed by atoms with Crippen molar-refractivity contribution in [2.75, 3.05) is 0 Å².